The number of anilines is 2. The smallest absolute Gasteiger partial charge is 0.341 e. The largest absolute Gasteiger partial charge is 0.496 e. The summed E-state index contributed by atoms with van der Waals surface area (Å²) >= 11 is 2.73. The van der Waals surface area contributed by atoms with Gasteiger partial charge in [0, 0.05) is 32.7 Å². The van der Waals surface area contributed by atoms with Crippen LogP contribution in [0.25, 0.3) is 6.08 Å². The molecule has 52 heavy (non-hydrogen) atoms. The molecule has 272 valence electrons. The molecule has 1 aliphatic carbocycles. The van der Waals surface area contributed by atoms with Gasteiger partial charge in [0.2, 0.25) is 5.91 Å². The summed E-state index contributed by atoms with van der Waals surface area (Å²) in [5.74, 6) is -0.0793. The highest BCUT2D eigenvalue weighted by atomic mass is 32.2. The lowest BCUT2D eigenvalue weighted by molar-refractivity contribution is -0.115. The van der Waals surface area contributed by atoms with Gasteiger partial charge in [0.25, 0.3) is 11.8 Å². The standard InChI is InChI=1S/C39H41N3O8S2/c1-22-15-16-28-33(17-22)52-38(34(28)39(46)50-6)42-35(43)23(2)51-27-14-10-13-26(20-27)40-37(45)29(41-36(44)24-11-8-7-9-12-24)18-25-19-31(48-4)32(49-5)21-30(25)47-3/h7-14,18-23H,15-17H2,1-6H3,(H,40,45)(H,41,44)(H,42,43)/b29-18+. The van der Waals surface area contributed by atoms with E-state index in [-0.39, 0.29) is 11.6 Å². The number of benzene rings is 3. The average Bonchev–Trinajstić information content (AvgIpc) is 3.50. The van der Waals surface area contributed by atoms with Crippen LogP contribution in [0.3, 0.4) is 0 Å². The second-order valence-corrected chi connectivity index (χ2v) is 14.6. The van der Waals surface area contributed by atoms with Crippen molar-refractivity contribution >= 4 is 63.6 Å². The van der Waals surface area contributed by atoms with Crippen molar-refractivity contribution < 1.29 is 38.1 Å². The minimum atomic E-state index is -0.597. The molecule has 3 amide bonds. The molecule has 3 aromatic carbocycles. The van der Waals surface area contributed by atoms with Crippen LogP contribution in [-0.2, 0) is 27.2 Å². The number of thiophene rings is 1. The van der Waals surface area contributed by atoms with Gasteiger partial charge in [-0.3, -0.25) is 14.4 Å². The van der Waals surface area contributed by atoms with E-state index >= 15 is 0 Å². The lowest BCUT2D eigenvalue weighted by Gasteiger charge is -2.18. The van der Waals surface area contributed by atoms with Crippen LogP contribution in [0.2, 0.25) is 0 Å². The summed E-state index contributed by atoms with van der Waals surface area (Å²) in [4.78, 5) is 55.0. The van der Waals surface area contributed by atoms with E-state index in [0.29, 0.717) is 55.4 Å². The summed E-state index contributed by atoms with van der Waals surface area (Å²) < 4.78 is 21.5. The quantitative estimate of drug-likeness (QED) is 0.0736. The molecule has 0 bridgehead atoms. The summed E-state index contributed by atoms with van der Waals surface area (Å²) in [7, 11) is 5.82. The number of fused-ring (bicyclic) bond motifs is 1. The molecule has 3 N–H and O–H groups in total. The number of rotatable bonds is 13. The first kappa shape index (κ1) is 38.0. The molecular formula is C39H41N3O8S2. The second kappa shape index (κ2) is 17.3. The molecule has 0 saturated heterocycles. The highest BCUT2D eigenvalue weighted by molar-refractivity contribution is 8.00. The van der Waals surface area contributed by atoms with Gasteiger partial charge in [0.1, 0.15) is 16.4 Å². The number of carbonyl (C=O) groups excluding carboxylic acids is 4. The topological polar surface area (TPSA) is 141 Å². The number of ether oxygens (including phenoxy) is 4. The van der Waals surface area contributed by atoms with Gasteiger partial charge >= 0.3 is 5.97 Å². The van der Waals surface area contributed by atoms with Gasteiger partial charge in [-0.15, -0.1) is 23.1 Å². The summed E-state index contributed by atoms with van der Waals surface area (Å²) in [6.45, 7) is 3.95. The van der Waals surface area contributed by atoms with Gasteiger partial charge in [-0.25, -0.2) is 4.79 Å². The first-order valence-electron chi connectivity index (χ1n) is 16.5. The SMILES string of the molecule is COC(=O)c1c(NC(=O)C(C)Sc2cccc(NC(=O)/C(=C\c3cc(OC)c(OC)cc3OC)NC(=O)c3ccccc3)c2)sc2c1CCC(C)C2. The Kier molecular flexibility index (Phi) is 12.6. The van der Waals surface area contributed by atoms with Gasteiger partial charge < -0.3 is 34.9 Å². The Hall–Kier alpha value is -5.27. The lowest BCUT2D eigenvalue weighted by Crippen LogP contribution is -2.30. The maximum Gasteiger partial charge on any atom is 0.341 e. The Balaban J connectivity index is 1.35. The Labute approximate surface area is 311 Å². The molecule has 0 fully saturated rings. The zero-order valence-corrected chi connectivity index (χ0v) is 31.4. The highest BCUT2D eigenvalue weighted by Crippen LogP contribution is 2.41. The first-order valence-corrected chi connectivity index (χ1v) is 18.2. The maximum atomic E-state index is 13.8. The molecule has 0 radical (unpaired) electrons. The molecule has 0 aliphatic heterocycles. The molecule has 4 aromatic rings. The van der Waals surface area contributed by atoms with Crippen LogP contribution >= 0.6 is 23.1 Å². The van der Waals surface area contributed by atoms with Gasteiger partial charge in [-0.05, 0) is 80.1 Å². The highest BCUT2D eigenvalue weighted by Gasteiger charge is 2.30. The van der Waals surface area contributed by atoms with Gasteiger partial charge in [-0.2, -0.15) is 0 Å². The van der Waals surface area contributed by atoms with E-state index in [4.69, 9.17) is 18.9 Å². The van der Waals surface area contributed by atoms with Crippen LogP contribution in [-0.4, -0.2) is 57.4 Å². The molecule has 1 heterocycles. The molecule has 5 rings (SSSR count). The first-order chi connectivity index (χ1) is 25.0. The maximum absolute atomic E-state index is 13.8. The van der Waals surface area contributed by atoms with Crippen LogP contribution in [0.1, 0.15) is 57.0 Å². The summed E-state index contributed by atoms with van der Waals surface area (Å²) in [6, 6.07) is 18.8. The van der Waals surface area contributed by atoms with E-state index in [1.165, 1.54) is 57.6 Å². The molecule has 0 spiro atoms. The number of esters is 1. The third-order valence-corrected chi connectivity index (χ3v) is 10.7. The van der Waals surface area contributed by atoms with Crippen molar-refractivity contribution in [2.45, 2.75) is 43.3 Å². The predicted molar refractivity (Wildman–Crippen MR) is 204 cm³/mol. The van der Waals surface area contributed by atoms with Crippen LogP contribution < -0.4 is 30.2 Å². The summed E-state index contributed by atoms with van der Waals surface area (Å²) in [5.41, 5.74) is 2.61. The van der Waals surface area contributed by atoms with Crippen molar-refractivity contribution in [1.82, 2.24) is 5.32 Å². The number of carbonyl (C=O) groups is 4. The van der Waals surface area contributed by atoms with Crippen LogP contribution in [0, 0.1) is 5.92 Å². The summed E-state index contributed by atoms with van der Waals surface area (Å²) in [6.07, 6.45) is 4.09. The third-order valence-electron chi connectivity index (χ3n) is 8.48. The van der Waals surface area contributed by atoms with Crippen molar-refractivity contribution in [2.75, 3.05) is 39.1 Å². The number of amides is 3. The Morgan fingerprint density at radius 2 is 1.60 bits per heavy atom. The monoisotopic (exact) mass is 743 g/mol. The normalized spacial score (nSPS) is 14.3. The van der Waals surface area contributed by atoms with Crippen LogP contribution in [0.15, 0.2) is 77.3 Å². The average molecular weight is 744 g/mol. The van der Waals surface area contributed by atoms with Crippen molar-refractivity contribution in [3.63, 3.8) is 0 Å². The van der Waals surface area contributed by atoms with Crippen molar-refractivity contribution in [1.29, 1.82) is 0 Å². The van der Waals surface area contributed by atoms with Crippen molar-refractivity contribution in [3.8, 4) is 17.2 Å². The number of hydrogen-bond donors (Lipinski definition) is 3. The number of methoxy groups -OCH3 is 4. The molecule has 0 saturated carbocycles. The predicted octanol–water partition coefficient (Wildman–Crippen LogP) is 7.21. The fourth-order valence-corrected chi connectivity index (χ4v) is 8.07. The number of nitrogens with one attached hydrogen (secondary N) is 3. The third kappa shape index (κ3) is 8.96. The molecular weight excluding hydrogens is 703 g/mol. The molecule has 11 nitrogen and oxygen atoms in total. The number of hydrogen-bond acceptors (Lipinski definition) is 10. The van der Waals surface area contributed by atoms with Gasteiger partial charge in [0.15, 0.2) is 11.5 Å². The molecule has 1 aliphatic rings. The van der Waals surface area contributed by atoms with Gasteiger partial charge in [0.05, 0.1) is 39.3 Å². The minimum absolute atomic E-state index is 0.0559. The minimum Gasteiger partial charge on any atom is -0.496 e. The zero-order valence-electron chi connectivity index (χ0n) is 29.8. The number of thioether (sulfide) groups is 1. The summed E-state index contributed by atoms with van der Waals surface area (Å²) in [5, 5.41) is 8.53. The lowest BCUT2D eigenvalue weighted by atomic mass is 9.88. The van der Waals surface area contributed by atoms with E-state index in [9.17, 15) is 19.2 Å². The van der Waals surface area contributed by atoms with E-state index in [0.717, 1.165) is 29.7 Å². The van der Waals surface area contributed by atoms with Crippen LogP contribution in [0.4, 0.5) is 10.7 Å². The molecule has 13 heteroatoms. The zero-order chi connectivity index (χ0) is 37.4. The fourth-order valence-electron chi connectivity index (χ4n) is 5.74. The molecule has 1 aromatic heterocycles. The molecule has 2 atom stereocenters. The van der Waals surface area contributed by atoms with E-state index < -0.39 is 23.0 Å². The van der Waals surface area contributed by atoms with Crippen LogP contribution in [0.5, 0.6) is 17.2 Å². The van der Waals surface area contributed by atoms with Crippen molar-refractivity contribution in [3.05, 3.63) is 99.6 Å². The Morgan fingerprint density at radius 1 is 0.885 bits per heavy atom. The van der Waals surface area contributed by atoms with Gasteiger partial charge in [-0.1, -0.05) is 31.2 Å². The Morgan fingerprint density at radius 3 is 2.29 bits per heavy atom. The van der Waals surface area contributed by atoms with E-state index in [1.807, 2.05) is 6.07 Å². The van der Waals surface area contributed by atoms with E-state index in [1.54, 1.807) is 67.6 Å². The Bertz CT molecular complexity index is 1990. The molecule has 2 unspecified atom stereocenters. The van der Waals surface area contributed by atoms with E-state index in [2.05, 4.69) is 22.9 Å². The fraction of sp³-hybridized carbons (Fsp3) is 0.282. The van der Waals surface area contributed by atoms with Crippen molar-refractivity contribution in [2.24, 2.45) is 5.92 Å². The second-order valence-electron chi connectivity index (χ2n) is 12.1.